The molecule has 6 aliphatic rings. The van der Waals surface area contributed by atoms with Gasteiger partial charge in [0, 0.05) is 45.0 Å². The van der Waals surface area contributed by atoms with Gasteiger partial charge in [-0.05, 0) is 157 Å². The molecule has 12 aromatic carbocycles. The van der Waals surface area contributed by atoms with Crippen LogP contribution in [0.1, 0.15) is 0 Å². The Morgan fingerprint density at radius 1 is 0.222 bits per heavy atom. The Hall–Kier alpha value is -10.4. The van der Waals surface area contributed by atoms with Crippen molar-refractivity contribution in [2.24, 2.45) is 0 Å². The smallest absolute Gasteiger partial charge is 0.261 e. The van der Waals surface area contributed by atoms with E-state index in [1.54, 1.807) is 0 Å². The van der Waals surface area contributed by atoms with E-state index in [1.165, 1.54) is 0 Å². The topological polar surface area (TPSA) is 43.4 Å². The van der Waals surface area contributed by atoms with E-state index in [2.05, 4.69) is 271 Å². The third kappa shape index (κ3) is 6.48. The number of benzene rings is 12. The fraction of sp³-hybridized carbons (Fsp3) is 0. The average Bonchev–Trinajstić information content (AvgIpc) is 2.32. The maximum atomic E-state index is 7.63. The van der Waals surface area contributed by atoms with Gasteiger partial charge in [-0.3, -0.25) is 0 Å². The van der Waals surface area contributed by atoms with E-state index >= 15 is 0 Å². The molecule has 9 heteroatoms. The minimum absolute atomic E-state index is 0.181. The van der Waals surface area contributed by atoms with Crippen molar-refractivity contribution in [2.75, 3.05) is 9.80 Å². The van der Waals surface area contributed by atoms with Gasteiger partial charge in [-0.15, -0.1) is 0 Å². The number of fused-ring (bicyclic) bond motifs is 14. The molecule has 12 aromatic rings. The number of para-hydroxylation sites is 2. The molecular formula is C72H43B3N2O4. The van der Waals surface area contributed by atoms with Gasteiger partial charge in [-0.2, -0.15) is 0 Å². The summed E-state index contributed by atoms with van der Waals surface area (Å²) < 4.78 is 29.1. The molecule has 0 aliphatic carbocycles. The summed E-state index contributed by atoms with van der Waals surface area (Å²) in [6.07, 6.45) is 0. The van der Waals surface area contributed by atoms with Crippen LogP contribution >= 0.6 is 0 Å². The first-order valence-electron chi connectivity index (χ1n) is 27.8. The van der Waals surface area contributed by atoms with E-state index < -0.39 is 0 Å². The Morgan fingerprint density at radius 3 is 1.01 bits per heavy atom. The number of anilines is 6. The quantitative estimate of drug-likeness (QED) is 0.160. The summed E-state index contributed by atoms with van der Waals surface area (Å²) in [5.41, 5.74) is 22.9. The standard InChI is InChI=1S/C72H43B3N2O4/c1-6-18-44(19-7-1)47-32-34-52-64(42-47)78-60-28-16-30-62-69(60)73(52)54-36-38-56-67(71(54)80-62)75-66-58(76(56)50-24-12-4-13-25-50)40-49(46-22-10-3-11-23-46)41-59(66)77(51-26-14-5-15-27-51)57-39-37-55-72(68(57)75)81-63-31-17-29-61-70(63)74(55)53-35-33-48(43-65(53)79-61)45-20-8-2-9-21-45/h1-43H. The van der Waals surface area contributed by atoms with E-state index in [0.29, 0.717) is 0 Å². The van der Waals surface area contributed by atoms with Gasteiger partial charge in [0.15, 0.2) is 0 Å². The average molecular weight is 1030 g/mol. The Labute approximate surface area is 469 Å². The highest BCUT2D eigenvalue weighted by Gasteiger charge is 2.52. The van der Waals surface area contributed by atoms with Crippen molar-refractivity contribution >= 4 is 103 Å². The summed E-state index contributed by atoms with van der Waals surface area (Å²) in [6, 6.07) is 93.6. The zero-order chi connectivity index (χ0) is 52.9. The van der Waals surface area contributed by atoms with Crippen LogP contribution in [0.4, 0.5) is 34.1 Å². The molecule has 6 nitrogen and oxygen atoms in total. The van der Waals surface area contributed by atoms with Crippen molar-refractivity contribution < 1.29 is 18.9 Å². The predicted octanol–water partition coefficient (Wildman–Crippen LogP) is 12.2. The Balaban J connectivity index is 0.941. The van der Waals surface area contributed by atoms with Gasteiger partial charge in [0.05, 0.1) is 0 Å². The van der Waals surface area contributed by atoms with E-state index in [1.807, 2.05) is 0 Å². The second-order valence-electron chi connectivity index (χ2n) is 21.8. The van der Waals surface area contributed by atoms with Gasteiger partial charge in [0.1, 0.15) is 46.0 Å². The monoisotopic (exact) mass is 1030 g/mol. The van der Waals surface area contributed by atoms with Crippen LogP contribution in [0.15, 0.2) is 261 Å². The molecule has 0 N–H and O–H groups in total. The lowest BCUT2D eigenvalue weighted by Gasteiger charge is -2.46. The van der Waals surface area contributed by atoms with Crippen molar-refractivity contribution in [3.8, 4) is 79.4 Å². The second-order valence-corrected chi connectivity index (χ2v) is 21.8. The van der Waals surface area contributed by atoms with E-state index in [0.717, 1.165) is 163 Å². The van der Waals surface area contributed by atoms with Crippen LogP contribution in [0.5, 0.6) is 46.0 Å². The van der Waals surface area contributed by atoms with Crippen LogP contribution in [-0.4, -0.2) is 20.1 Å². The number of ether oxygens (including phenoxy) is 4. The van der Waals surface area contributed by atoms with Gasteiger partial charge in [-0.25, -0.2) is 0 Å². The fourth-order valence-corrected chi connectivity index (χ4v) is 14.1. The summed E-state index contributed by atoms with van der Waals surface area (Å²) in [5.74, 6) is 6.57. The van der Waals surface area contributed by atoms with Gasteiger partial charge in [0.2, 0.25) is 0 Å². The normalized spacial score (nSPS) is 13.7. The first kappa shape index (κ1) is 44.6. The molecule has 6 aliphatic heterocycles. The molecule has 0 atom stereocenters. The molecule has 374 valence electrons. The molecule has 0 spiro atoms. The number of nitrogens with zero attached hydrogens (tertiary/aromatic N) is 2. The van der Waals surface area contributed by atoms with Gasteiger partial charge in [0.25, 0.3) is 20.1 Å². The molecule has 0 aromatic heterocycles. The summed E-state index contributed by atoms with van der Waals surface area (Å²) >= 11 is 0. The van der Waals surface area contributed by atoms with Gasteiger partial charge in [-0.1, -0.05) is 176 Å². The first-order chi connectivity index (χ1) is 40.2. The fourth-order valence-electron chi connectivity index (χ4n) is 14.1. The van der Waals surface area contributed by atoms with Crippen molar-refractivity contribution in [1.82, 2.24) is 0 Å². The zero-order valence-corrected chi connectivity index (χ0v) is 43.6. The van der Waals surface area contributed by atoms with Crippen LogP contribution < -0.4 is 77.9 Å². The summed E-state index contributed by atoms with van der Waals surface area (Å²) in [5, 5.41) is 0. The molecule has 0 bridgehead atoms. The summed E-state index contributed by atoms with van der Waals surface area (Å²) in [4.78, 5) is 4.95. The van der Waals surface area contributed by atoms with Crippen molar-refractivity contribution in [2.45, 2.75) is 0 Å². The van der Waals surface area contributed by atoms with Crippen LogP contribution in [0.2, 0.25) is 0 Å². The Morgan fingerprint density at radius 2 is 0.593 bits per heavy atom. The van der Waals surface area contributed by atoms with Gasteiger partial charge < -0.3 is 28.7 Å². The highest BCUT2D eigenvalue weighted by Crippen LogP contribution is 2.50. The van der Waals surface area contributed by atoms with E-state index in [9.17, 15) is 0 Å². The van der Waals surface area contributed by atoms with Crippen LogP contribution in [0.25, 0.3) is 33.4 Å². The molecule has 0 saturated heterocycles. The van der Waals surface area contributed by atoms with Crippen LogP contribution in [-0.2, 0) is 0 Å². The lowest BCUT2D eigenvalue weighted by Crippen LogP contribution is -2.66. The van der Waals surface area contributed by atoms with E-state index in [4.69, 9.17) is 18.9 Å². The van der Waals surface area contributed by atoms with E-state index in [-0.39, 0.29) is 20.1 Å². The SMILES string of the molecule is c1ccc(-c2ccc3c(c2)Oc2cccc4c2B3c2ccc3c(c2O4)B2c4c(cc(-c5ccccc5)cc4N(c4ccccc4)c4ccc5c(c42)Oc2cccc4c2B5c2ccc(-c5ccccc5)cc2O4)N3c2ccccc2)cc1. The molecular weight excluding hydrogens is 989 g/mol. The Kier molecular flexibility index (Phi) is 9.40. The lowest BCUT2D eigenvalue weighted by molar-refractivity contribution is 0.466. The third-order valence-corrected chi connectivity index (χ3v) is 17.5. The van der Waals surface area contributed by atoms with Crippen LogP contribution in [0.3, 0.4) is 0 Å². The molecule has 18 rings (SSSR count). The lowest BCUT2D eigenvalue weighted by atomic mass is 9.29. The predicted molar refractivity (Wildman–Crippen MR) is 332 cm³/mol. The van der Waals surface area contributed by atoms with Crippen molar-refractivity contribution in [3.05, 3.63) is 261 Å². The molecule has 0 saturated carbocycles. The molecule has 81 heavy (non-hydrogen) atoms. The zero-order valence-electron chi connectivity index (χ0n) is 43.6. The Bertz CT molecular complexity index is 4350. The molecule has 0 fully saturated rings. The first-order valence-corrected chi connectivity index (χ1v) is 27.8. The highest BCUT2D eigenvalue weighted by atomic mass is 16.5. The summed E-state index contributed by atoms with van der Waals surface area (Å²) in [6.45, 7) is -0.747. The summed E-state index contributed by atoms with van der Waals surface area (Å²) in [7, 11) is 0. The van der Waals surface area contributed by atoms with Crippen molar-refractivity contribution in [3.63, 3.8) is 0 Å². The van der Waals surface area contributed by atoms with Crippen LogP contribution in [0, 0.1) is 0 Å². The number of hydrogen-bond donors (Lipinski definition) is 0. The molecule has 0 amide bonds. The minimum Gasteiger partial charge on any atom is -0.459 e. The largest absolute Gasteiger partial charge is 0.459 e. The van der Waals surface area contributed by atoms with Gasteiger partial charge >= 0.3 is 0 Å². The maximum absolute atomic E-state index is 7.63. The highest BCUT2D eigenvalue weighted by molar-refractivity contribution is 7.05. The van der Waals surface area contributed by atoms with Crippen molar-refractivity contribution in [1.29, 1.82) is 0 Å². The molecule has 0 unspecified atom stereocenters. The maximum Gasteiger partial charge on any atom is 0.261 e. The number of rotatable bonds is 5. The second kappa shape index (κ2) is 17.1. The third-order valence-electron chi connectivity index (χ3n) is 17.5. The minimum atomic E-state index is -0.386. The molecule has 0 radical (unpaired) electrons. The number of hydrogen-bond acceptors (Lipinski definition) is 6. The molecule has 6 heterocycles.